The number of carbonyl (C=O) groups is 1. The molecule has 2 aromatic rings. The summed E-state index contributed by atoms with van der Waals surface area (Å²) in [5.41, 5.74) is 6.95. The third-order valence-electron chi connectivity index (χ3n) is 3.67. The van der Waals surface area contributed by atoms with Gasteiger partial charge < -0.3 is 16.0 Å². The quantitative estimate of drug-likeness (QED) is 0.822. The van der Waals surface area contributed by atoms with Crippen molar-refractivity contribution in [3.63, 3.8) is 0 Å². The minimum Gasteiger partial charge on any atom is -0.382 e. The second-order valence-corrected chi connectivity index (χ2v) is 5.50. The fourth-order valence-electron chi connectivity index (χ4n) is 2.61. The Morgan fingerprint density at radius 2 is 2.04 bits per heavy atom. The molecule has 1 fully saturated rings. The summed E-state index contributed by atoms with van der Waals surface area (Å²) >= 11 is 6.07. The molecule has 3 rings (SSSR count). The molecular weight excluding hydrogens is 373 g/mol. The van der Waals surface area contributed by atoms with Crippen molar-refractivity contribution < 1.29 is 4.79 Å². The molecule has 9 heteroatoms. The third kappa shape index (κ3) is 4.27. The fraction of sp³-hybridized carbons (Fsp3) is 0.267. The lowest BCUT2D eigenvalue weighted by Gasteiger charge is -2.36. The molecule has 1 amide bonds. The van der Waals surface area contributed by atoms with Gasteiger partial charge in [-0.15, -0.1) is 24.8 Å². The summed E-state index contributed by atoms with van der Waals surface area (Å²) in [5.74, 6) is -0.0621. The van der Waals surface area contributed by atoms with Gasteiger partial charge in [-0.1, -0.05) is 23.7 Å². The molecule has 6 nitrogen and oxygen atoms in total. The zero-order valence-corrected chi connectivity index (χ0v) is 15.1. The maximum atomic E-state index is 12.8. The molecule has 2 heterocycles. The van der Waals surface area contributed by atoms with E-state index in [1.807, 2.05) is 24.3 Å². The number of hydrogen-bond acceptors (Lipinski definition) is 5. The van der Waals surface area contributed by atoms with E-state index < -0.39 is 0 Å². The number of piperazine rings is 1. The van der Waals surface area contributed by atoms with E-state index in [1.165, 1.54) is 12.4 Å². The van der Waals surface area contributed by atoms with E-state index in [-0.39, 0.29) is 48.3 Å². The summed E-state index contributed by atoms with van der Waals surface area (Å²) in [7, 11) is 0. The Kier molecular flexibility index (Phi) is 7.69. The van der Waals surface area contributed by atoms with Gasteiger partial charge in [-0.05, 0) is 17.7 Å². The van der Waals surface area contributed by atoms with Crippen molar-refractivity contribution in [1.82, 2.24) is 20.2 Å². The number of rotatable bonds is 2. The van der Waals surface area contributed by atoms with Crippen LogP contribution in [0.5, 0.6) is 0 Å². The summed E-state index contributed by atoms with van der Waals surface area (Å²) < 4.78 is 0. The van der Waals surface area contributed by atoms with Crippen molar-refractivity contribution in [3.05, 3.63) is 52.9 Å². The van der Waals surface area contributed by atoms with Crippen LogP contribution in [0.3, 0.4) is 0 Å². The highest BCUT2D eigenvalue weighted by Gasteiger charge is 2.30. The number of nitrogens with zero attached hydrogens (tertiary/aromatic N) is 3. The molecule has 1 atom stereocenters. The summed E-state index contributed by atoms with van der Waals surface area (Å²) in [4.78, 5) is 22.6. The number of aromatic nitrogens is 2. The van der Waals surface area contributed by atoms with Crippen molar-refractivity contribution in [2.45, 2.75) is 6.04 Å². The second-order valence-electron chi connectivity index (χ2n) is 5.06. The van der Waals surface area contributed by atoms with Crippen LogP contribution < -0.4 is 11.1 Å². The minimum absolute atomic E-state index is 0. The van der Waals surface area contributed by atoms with E-state index >= 15 is 0 Å². The van der Waals surface area contributed by atoms with E-state index in [0.29, 0.717) is 18.1 Å². The molecular formula is C15H18Cl3N5O. The van der Waals surface area contributed by atoms with Gasteiger partial charge in [0.1, 0.15) is 0 Å². The van der Waals surface area contributed by atoms with Crippen LogP contribution >= 0.6 is 36.4 Å². The van der Waals surface area contributed by atoms with Crippen molar-refractivity contribution in [3.8, 4) is 0 Å². The van der Waals surface area contributed by atoms with E-state index in [1.54, 1.807) is 4.90 Å². The van der Waals surface area contributed by atoms with Crippen LogP contribution in [0.1, 0.15) is 22.1 Å². The van der Waals surface area contributed by atoms with Gasteiger partial charge in [0.25, 0.3) is 5.91 Å². The summed E-state index contributed by atoms with van der Waals surface area (Å²) in [6.07, 6.45) is 2.94. The normalized spacial score (nSPS) is 16.7. The predicted octanol–water partition coefficient (Wildman–Crippen LogP) is 2.34. The van der Waals surface area contributed by atoms with Crippen LogP contribution in [0.2, 0.25) is 5.02 Å². The zero-order valence-electron chi connectivity index (χ0n) is 12.7. The van der Waals surface area contributed by atoms with E-state index in [0.717, 1.165) is 12.1 Å². The van der Waals surface area contributed by atoms with Gasteiger partial charge >= 0.3 is 0 Å². The third-order valence-corrected chi connectivity index (χ3v) is 3.90. The minimum atomic E-state index is -0.211. The Morgan fingerprint density at radius 3 is 2.75 bits per heavy atom. The highest BCUT2D eigenvalue weighted by atomic mass is 35.5. The Hall–Kier alpha value is -1.60. The molecule has 0 bridgehead atoms. The first-order chi connectivity index (χ1) is 10.7. The molecule has 1 aromatic heterocycles. The molecule has 0 aliphatic carbocycles. The van der Waals surface area contributed by atoms with Crippen molar-refractivity contribution in [2.24, 2.45) is 0 Å². The number of benzene rings is 1. The largest absolute Gasteiger partial charge is 0.382 e. The van der Waals surface area contributed by atoms with Gasteiger partial charge in [0.15, 0.2) is 11.5 Å². The fourth-order valence-corrected chi connectivity index (χ4v) is 2.81. The number of nitrogens with two attached hydrogens (primary N) is 1. The molecule has 1 unspecified atom stereocenters. The van der Waals surface area contributed by atoms with Crippen molar-refractivity contribution in [2.75, 3.05) is 25.4 Å². The van der Waals surface area contributed by atoms with Crippen LogP contribution in [0, 0.1) is 0 Å². The number of hydrogen-bond donors (Lipinski definition) is 2. The summed E-state index contributed by atoms with van der Waals surface area (Å²) in [5, 5.41) is 3.95. The van der Waals surface area contributed by atoms with Crippen LogP contribution in [0.25, 0.3) is 0 Å². The van der Waals surface area contributed by atoms with Gasteiger partial charge in [-0.25, -0.2) is 9.97 Å². The van der Waals surface area contributed by atoms with Crippen LogP contribution in [0.15, 0.2) is 36.7 Å². The topological polar surface area (TPSA) is 84.1 Å². The average Bonchev–Trinajstić information content (AvgIpc) is 2.55. The first-order valence-corrected chi connectivity index (χ1v) is 7.38. The molecule has 1 saturated heterocycles. The van der Waals surface area contributed by atoms with Gasteiger partial charge in [-0.2, -0.15) is 0 Å². The molecule has 3 N–H and O–H groups in total. The van der Waals surface area contributed by atoms with Crippen LogP contribution in [-0.2, 0) is 0 Å². The van der Waals surface area contributed by atoms with Crippen LogP contribution in [-0.4, -0.2) is 40.4 Å². The first kappa shape index (κ1) is 20.4. The summed E-state index contributed by atoms with van der Waals surface area (Å²) in [6.45, 7) is 1.96. The van der Waals surface area contributed by atoms with E-state index in [4.69, 9.17) is 17.3 Å². The van der Waals surface area contributed by atoms with Gasteiger partial charge in [-0.3, -0.25) is 4.79 Å². The highest BCUT2D eigenvalue weighted by Crippen LogP contribution is 2.26. The Morgan fingerprint density at radius 1 is 1.29 bits per heavy atom. The number of anilines is 1. The molecule has 1 aliphatic heterocycles. The lowest BCUT2D eigenvalue weighted by Crippen LogP contribution is -2.49. The van der Waals surface area contributed by atoms with Crippen LogP contribution in [0.4, 0.5) is 5.82 Å². The SMILES string of the molecule is Cl.Cl.Nc1nccnc1C(=O)N1CCNCC1c1cccc(Cl)c1. The monoisotopic (exact) mass is 389 g/mol. The maximum Gasteiger partial charge on any atom is 0.276 e. The lowest BCUT2D eigenvalue weighted by molar-refractivity contribution is 0.0629. The van der Waals surface area contributed by atoms with Gasteiger partial charge in [0, 0.05) is 37.1 Å². The smallest absolute Gasteiger partial charge is 0.276 e. The molecule has 1 aliphatic rings. The zero-order chi connectivity index (χ0) is 15.5. The van der Waals surface area contributed by atoms with Gasteiger partial charge in [0.2, 0.25) is 0 Å². The second kappa shape index (κ2) is 9.03. The molecule has 1 aromatic carbocycles. The molecule has 0 spiro atoms. The Balaban J connectivity index is 0.00000144. The molecule has 24 heavy (non-hydrogen) atoms. The number of nitrogens with one attached hydrogen (secondary N) is 1. The number of nitrogen functional groups attached to an aromatic ring is 1. The summed E-state index contributed by atoms with van der Waals surface area (Å²) in [6, 6.07) is 7.42. The average molecular weight is 391 g/mol. The van der Waals surface area contributed by atoms with Crippen molar-refractivity contribution >= 4 is 48.1 Å². The highest BCUT2D eigenvalue weighted by molar-refractivity contribution is 6.30. The first-order valence-electron chi connectivity index (χ1n) is 7.00. The van der Waals surface area contributed by atoms with E-state index in [2.05, 4.69) is 15.3 Å². The molecule has 130 valence electrons. The van der Waals surface area contributed by atoms with E-state index in [9.17, 15) is 4.79 Å². The number of amides is 1. The van der Waals surface area contributed by atoms with Gasteiger partial charge in [0.05, 0.1) is 6.04 Å². The Labute approximate surface area is 157 Å². The maximum absolute atomic E-state index is 12.8. The molecule has 0 radical (unpaired) electrons. The number of halogens is 3. The number of carbonyl (C=O) groups excluding carboxylic acids is 1. The standard InChI is InChI=1S/C15H16ClN5O.2ClH/c16-11-3-1-2-10(8-11)12-9-18-6-7-21(12)15(22)13-14(17)20-5-4-19-13;;/h1-5,8,12,18H,6-7,9H2,(H2,17,20);2*1H. The molecule has 0 saturated carbocycles. The predicted molar refractivity (Wildman–Crippen MR) is 99.0 cm³/mol. The van der Waals surface area contributed by atoms with Crippen molar-refractivity contribution in [1.29, 1.82) is 0 Å². The lowest BCUT2D eigenvalue weighted by atomic mass is 10.0. The Bertz CT molecular complexity index is 700.